The fraction of sp³-hybridized carbons (Fsp3) is 0.579. The first kappa shape index (κ1) is 22.3. The highest BCUT2D eigenvalue weighted by atomic mass is 16.4. The molecule has 0 saturated heterocycles. The number of aliphatic carboxylic acids is 1. The monoisotopic (exact) mass is 409 g/mol. The number of unbranched alkanes of at least 4 members (excludes halogenated alkanes) is 1. The molecule has 2 amide bonds. The number of hydrogen-bond acceptors (Lipinski definition) is 6. The van der Waals surface area contributed by atoms with Crippen molar-refractivity contribution in [1.29, 1.82) is 0 Å². The molecule has 10 heteroatoms. The molecule has 0 bridgehead atoms. The summed E-state index contributed by atoms with van der Waals surface area (Å²) in [6.07, 6.45) is 5.22. The average molecular weight is 409 g/mol. The van der Waals surface area contributed by atoms with E-state index in [4.69, 9.17) is 5.11 Å². The molecule has 0 aromatic carbocycles. The quantitative estimate of drug-likeness (QED) is 0.402. The molecule has 2 rings (SSSR count). The van der Waals surface area contributed by atoms with Gasteiger partial charge in [-0.05, 0) is 19.3 Å². The smallest absolute Gasteiger partial charge is 0.322 e. The summed E-state index contributed by atoms with van der Waals surface area (Å²) in [5.41, 5.74) is -2.20. The highest BCUT2D eigenvalue weighted by Crippen LogP contribution is 2.35. The van der Waals surface area contributed by atoms with E-state index in [9.17, 15) is 29.4 Å². The number of amides is 2. The summed E-state index contributed by atoms with van der Waals surface area (Å²) in [5.74, 6) is -4.99. The van der Waals surface area contributed by atoms with E-state index in [1.54, 1.807) is 0 Å². The Morgan fingerprint density at radius 3 is 2.24 bits per heavy atom. The number of hydrogen-bond donors (Lipinski definition) is 5. The predicted molar refractivity (Wildman–Crippen MR) is 103 cm³/mol. The van der Waals surface area contributed by atoms with Gasteiger partial charge in [0.25, 0.3) is 17.4 Å². The lowest BCUT2D eigenvalue weighted by atomic mass is 9.94. The van der Waals surface area contributed by atoms with Crippen LogP contribution in [0.2, 0.25) is 0 Å². The van der Waals surface area contributed by atoms with Crippen LogP contribution >= 0.6 is 0 Å². The van der Waals surface area contributed by atoms with Gasteiger partial charge in [0, 0.05) is 12.6 Å². The van der Waals surface area contributed by atoms with Gasteiger partial charge in [-0.25, -0.2) is 0 Å². The van der Waals surface area contributed by atoms with Gasteiger partial charge in [0.05, 0.1) is 0 Å². The summed E-state index contributed by atoms with van der Waals surface area (Å²) in [6, 6.07) is -0.426. The lowest BCUT2D eigenvalue weighted by molar-refractivity contribution is -0.135. The van der Waals surface area contributed by atoms with E-state index in [-0.39, 0.29) is 6.54 Å². The Kier molecular flexibility index (Phi) is 7.63. The Labute approximate surface area is 167 Å². The number of carboxylic acids is 1. The molecule has 10 nitrogen and oxygen atoms in total. The predicted octanol–water partition coefficient (Wildman–Crippen LogP) is 1.11. The molecule has 1 aromatic rings. The minimum atomic E-state index is -1.32. The number of aromatic hydroxyl groups is 2. The number of pyridine rings is 1. The molecular formula is C19H27N3O7. The van der Waals surface area contributed by atoms with Crippen molar-refractivity contribution in [3.63, 3.8) is 0 Å². The second-order valence-electron chi connectivity index (χ2n) is 7.08. The van der Waals surface area contributed by atoms with Gasteiger partial charge in [-0.1, -0.05) is 32.6 Å². The molecule has 0 radical (unpaired) electrons. The molecule has 0 aliphatic heterocycles. The lowest BCUT2D eigenvalue weighted by Crippen LogP contribution is -2.38. The van der Waals surface area contributed by atoms with E-state index >= 15 is 0 Å². The van der Waals surface area contributed by atoms with Crippen LogP contribution < -0.4 is 16.2 Å². The number of nitrogens with one attached hydrogen (secondary N) is 2. The van der Waals surface area contributed by atoms with Crippen LogP contribution in [0.5, 0.6) is 11.6 Å². The van der Waals surface area contributed by atoms with Crippen LogP contribution in [-0.2, 0) is 4.79 Å². The van der Waals surface area contributed by atoms with E-state index in [2.05, 4.69) is 5.32 Å². The molecule has 1 heterocycles. The van der Waals surface area contributed by atoms with Crippen molar-refractivity contribution in [2.45, 2.75) is 57.9 Å². The van der Waals surface area contributed by atoms with E-state index in [0.29, 0.717) is 19.3 Å². The van der Waals surface area contributed by atoms with Gasteiger partial charge in [0.15, 0.2) is 5.75 Å². The van der Waals surface area contributed by atoms with Crippen LogP contribution in [0.15, 0.2) is 4.79 Å². The highest BCUT2D eigenvalue weighted by molar-refractivity contribution is 6.05. The highest BCUT2D eigenvalue weighted by Gasteiger charge is 2.32. The molecule has 1 aliphatic rings. The zero-order valence-corrected chi connectivity index (χ0v) is 16.4. The maximum absolute atomic E-state index is 13.0. The fourth-order valence-corrected chi connectivity index (χ4v) is 3.47. The van der Waals surface area contributed by atoms with Crippen molar-refractivity contribution in [2.75, 3.05) is 13.1 Å². The molecule has 1 saturated carbocycles. The largest absolute Gasteiger partial charge is 0.506 e. The third-order valence-electron chi connectivity index (χ3n) is 4.97. The number of nitrogens with zero attached hydrogens (tertiary/aromatic N) is 1. The molecule has 1 aromatic heterocycles. The Morgan fingerprint density at radius 1 is 1.03 bits per heavy atom. The van der Waals surface area contributed by atoms with Crippen LogP contribution in [-0.4, -0.2) is 50.8 Å². The molecule has 5 N–H and O–H groups in total. The van der Waals surface area contributed by atoms with Gasteiger partial charge in [-0.3, -0.25) is 23.7 Å². The second kappa shape index (κ2) is 9.94. The molecule has 29 heavy (non-hydrogen) atoms. The fourth-order valence-electron chi connectivity index (χ4n) is 3.47. The SMILES string of the molecule is CCCCNC(=O)c1c(O)c(C(=O)NCC(=O)O)c(O)n(C2CCCCC2)c1=O. The normalized spacial score (nSPS) is 14.4. The second-order valence-corrected chi connectivity index (χ2v) is 7.08. The Bertz CT molecular complexity index is 841. The van der Waals surface area contributed by atoms with Crippen molar-refractivity contribution < 1.29 is 29.7 Å². The molecule has 1 fully saturated rings. The van der Waals surface area contributed by atoms with Crippen molar-refractivity contribution in [3.05, 3.63) is 21.5 Å². The molecule has 0 unspecified atom stereocenters. The standard InChI is InChI=1S/C19H27N3O7/c1-2-3-9-20-16(26)13-15(25)14(17(27)21-10-12(23)24)19(29)22(18(13)28)11-7-5-4-6-8-11/h11,25,29H,2-10H2,1H3,(H,20,26)(H,21,27)(H,23,24). The van der Waals surface area contributed by atoms with E-state index in [1.807, 2.05) is 12.2 Å². The Balaban J connectivity index is 2.57. The van der Waals surface area contributed by atoms with Crippen LogP contribution in [0.4, 0.5) is 0 Å². The van der Waals surface area contributed by atoms with Gasteiger partial charge >= 0.3 is 5.97 Å². The van der Waals surface area contributed by atoms with Gasteiger partial charge in [-0.15, -0.1) is 0 Å². The summed E-state index contributed by atoms with van der Waals surface area (Å²) >= 11 is 0. The Hall–Kier alpha value is -3.04. The van der Waals surface area contributed by atoms with Crippen molar-refractivity contribution in [2.24, 2.45) is 0 Å². The molecule has 160 valence electrons. The van der Waals surface area contributed by atoms with E-state index < -0.39 is 58.7 Å². The minimum absolute atomic E-state index is 0.277. The van der Waals surface area contributed by atoms with Crippen LogP contribution in [0.3, 0.4) is 0 Å². The third kappa shape index (κ3) is 5.07. The number of carbonyl (C=O) groups is 3. The van der Waals surface area contributed by atoms with Crippen molar-refractivity contribution >= 4 is 17.8 Å². The summed E-state index contributed by atoms with van der Waals surface area (Å²) in [6.45, 7) is 1.45. The van der Waals surface area contributed by atoms with Crippen molar-refractivity contribution in [1.82, 2.24) is 15.2 Å². The minimum Gasteiger partial charge on any atom is -0.506 e. The topological polar surface area (TPSA) is 158 Å². The molecule has 0 spiro atoms. The van der Waals surface area contributed by atoms with E-state index in [1.165, 1.54) is 0 Å². The summed E-state index contributed by atoms with van der Waals surface area (Å²) in [7, 11) is 0. The zero-order valence-electron chi connectivity index (χ0n) is 16.4. The van der Waals surface area contributed by atoms with Gasteiger partial charge in [-0.2, -0.15) is 0 Å². The van der Waals surface area contributed by atoms with Crippen LogP contribution in [0.25, 0.3) is 0 Å². The number of carboxylic acid groups (broad SMARTS) is 1. The van der Waals surface area contributed by atoms with E-state index in [0.717, 1.165) is 30.3 Å². The average Bonchev–Trinajstić information content (AvgIpc) is 2.67. The maximum Gasteiger partial charge on any atom is 0.322 e. The van der Waals surface area contributed by atoms with Gasteiger partial charge in [0.2, 0.25) is 5.88 Å². The third-order valence-corrected chi connectivity index (χ3v) is 4.97. The van der Waals surface area contributed by atoms with Gasteiger partial charge in [0.1, 0.15) is 17.7 Å². The lowest BCUT2D eigenvalue weighted by Gasteiger charge is -2.26. The maximum atomic E-state index is 13.0. The summed E-state index contributed by atoms with van der Waals surface area (Å²) < 4.78 is 0.975. The first-order valence-corrected chi connectivity index (χ1v) is 9.78. The zero-order chi connectivity index (χ0) is 21.6. The molecular weight excluding hydrogens is 382 g/mol. The van der Waals surface area contributed by atoms with Crippen LogP contribution in [0, 0.1) is 0 Å². The number of rotatable bonds is 8. The first-order chi connectivity index (χ1) is 13.8. The van der Waals surface area contributed by atoms with Crippen molar-refractivity contribution in [3.8, 4) is 11.6 Å². The number of aromatic nitrogens is 1. The van der Waals surface area contributed by atoms with Crippen LogP contribution in [0.1, 0.15) is 78.6 Å². The summed E-state index contributed by atoms with van der Waals surface area (Å²) in [4.78, 5) is 48.7. The molecule has 1 aliphatic carbocycles. The first-order valence-electron chi connectivity index (χ1n) is 9.78. The van der Waals surface area contributed by atoms with Gasteiger partial charge < -0.3 is 26.0 Å². The Morgan fingerprint density at radius 2 is 1.66 bits per heavy atom. The summed E-state index contributed by atoms with van der Waals surface area (Å²) in [5, 5.41) is 34.4. The molecule has 0 atom stereocenters. The number of carbonyl (C=O) groups excluding carboxylic acids is 2.